The molecule has 0 radical (unpaired) electrons. The van der Waals surface area contributed by atoms with Crippen molar-refractivity contribution in [1.82, 2.24) is 0 Å². The van der Waals surface area contributed by atoms with E-state index in [0.29, 0.717) is 18.6 Å². The first-order valence-electron chi connectivity index (χ1n) is 5.86. The Morgan fingerprint density at radius 3 is 2.62 bits per heavy atom. The van der Waals surface area contributed by atoms with Gasteiger partial charge in [0.25, 0.3) is 0 Å². The highest BCUT2D eigenvalue weighted by Crippen LogP contribution is 2.26. The molecule has 1 aromatic rings. The van der Waals surface area contributed by atoms with Gasteiger partial charge in [-0.15, -0.1) is 0 Å². The number of anilines is 1. The molecule has 3 nitrogen and oxygen atoms in total. The molecule has 0 aromatic heterocycles. The third-order valence-corrected chi connectivity index (χ3v) is 3.22. The number of hydrogen-bond acceptors (Lipinski definition) is 3. The van der Waals surface area contributed by atoms with Crippen molar-refractivity contribution in [3.8, 4) is 0 Å². The van der Waals surface area contributed by atoms with Crippen molar-refractivity contribution in [1.29, 1.82) is 0 Å². The summed E-state index contributed by atoms with van der Waals surface area (Å²) in [5, 5.41) is 0. The summed E-state index contributed by atoms with van der Waals surface area (Å²) in [6.07, 6.45) is 0. The smallest absolute Gasteiger partial charge is 0.0760 e. The van der Waals surface area contributed by atoms with E-state index >= 15 is 0 Å². The number of aryl methyl sites for hydroxylation is 1. The second kappa shape index (κ2) is 4.85. The fourth-order valence-corrected chi connectivity index (χ4v) is 2.14. The number of nitrogens with zero attached hydrogens (tertiary/aromatic N) is 1. The maximum absolute atomic E-state index is 5.79. The molecule has 0 bridgehead atoms. The molecular formula is C13H20N2O. The van der Waals surface area contributed by atoms with Crippen molar-refractivity contribution in [2.24, 2.45) is 5.73 Å². The van der Waals surface area contributed by atoms with Gasteiger partial charge >= 0.3 is 0 Å². The monoisotopic (exact) mass is 220 g/mol. The van der Waals surface area contributed by atoms with Crippen LogP contribution < -0.4 is 10.6 Å². The molecule has 1 saturated heterocycles. The van der Waals surface area contributed by atoms with Crippen LogP contribution in [-0.4, -0.2) is 31.8 Å². The minimum absolute atomic E-state index is 0.356. The van der Waals surface area contributed by atoms with E-state index < -0.39 is 0 Å². The lowest BCUT2D eigenvalue weighted by Crippen LogP contribution is -2.55. The summed E-state index contributed by atoms with van der Waals surface area (Å²) in [5.74, 6) is 0. The first kappa shape index (κ1) is 11.4. The molecule has 0 amide bonds. The molecule has 2 rings (SSSR count). The van der Waals surface area contributed by atoms with Crippen LogP contribution in [0.15, 0.2) is 24.3 Å². The van der Waals surface area contributed by atoms with E-state index in [4.69, 9.17) is 10.5 Å². The second-order valence-electron chi connectivity index (χ2n) is 4.47. The maximum Gasteiger partial charge on any atom is 0.0760 e. The summed E-state index contributed by atoms with van der Waals surface area (Å²) in [7, 11) is 0. The van der Waals surface area contributed by atoms with Crippen molar-refractivity contribution in [2.45, 2.75) is 25.9 Å². The SMILES string of the molecule is Cc1ccccc1N(C(C)CN)C1COC1. The van der Waals surface area contributed by atoms with Gasteiger partial charge in [0.05, 0.1) is 19.3 Å². The summed E-state index contributed by atoms with van der Waals surface area (Å²) in [4.78, 5) is 2.40. The summed E-state index contributed by atoms with van der Waals surface area (Å²) < 4.78 is 5.29. The van der Waals surface area contributed by atoms with Crippen molar-refractivity contribution >= 4 is 5.69 Å². The van der Waals surface area contributed by atoms with Crippen LogP contribution in [-0.2, 0) is 4.74 Å². The number of benzene rings is 1. The van der Waals surface area contributed by atoms with E-state index in [2.05, 4.69) is 43.0 Å². The van der Waals surface area contributed by atoms with E-state index in [1.165, 1.54) is 11.3 Å². The minimum Gasteiger partial charge on any atom is -0.377 e. The van der Waals surface area contributed by atoms with Gasteiger partial charge in [0.15, 0.2) is 0 Å². The van der Waals surface area contributed by atoms with Crippen LogP contribution in [0, 0.1) is 6.92 Å². The van der Waals surface area contributed by atoms with Gasteiger partial charge in [0, 0.05) is 18.3 Å². The third kappa shape index (κ3) is 2.06. The molecule has 1 atom stereocenters. The minimum atomic E-state index is 0.356. The zero-order valence-electron chi connectivity index (χ0n) is 10.0. The van der Waals surface area contributed by atoms with Gasteiger partial charge in [-0.2, -0.15) is 0 Å². The molecule has 0 saturated carbocycles. The third-order valence-electron chi connectivity index (χ3n) is 3.22. The van der Waals surface area contributed by atoms with E-state index in [0.717, 1.165) is 13.2 Å². The molecule has 16 heavy (non-hydrogen) atoms. The summed E-state index contributed by atoms with van der Waals surface area (Å²) in [6.45, 7) is 6.62. The predicted molar refractivity (Wildman–Crippen MR) is 66.8 cm³/mol. The van der Waals surface area contributed by atoms with Crippen molar-refractivity contribution in [3.05, 3.63) is 29.8 Å². The Morgan fingerprint density at radius 1 is 1.44 bits per heavy atom. The lowest BCUT2D eigenvalue weighted by Gasteiger charge is -2.43. The number of ether oxygens (including phenoxy) is 1. The van der Waals surface area contributed by atoms with E-state index in [1.807, 2.05) is 0 Å². The topological polar surface area (TPSA) is 38.5 Å². The highest BCUT2D eigenvalue weighted by Gasteiger charge is 2.29. The quantitative estimate of drug-likeness (QED) is 0.836. The zero-order valence-corrected chi connectivity index (χ0v) is 10.0. The highest BCUT2D eigenvalue weighted by atomic mass is 16.5. The Balaban J connectivity index is 2.27. The van der Waals surface area contributed by atoms with Gasteiger partial charge < -0.3 is 15.4 Å². The molecule has 1 heterocycles. The molecule has 1 fully saturated rings. The number of hydrogen-bond donors (Lipinski definition) is 1. The second-order valence-corrected chi connectivity index (χ2v) is 4.47. The van der Waals surface area contributed by atoms with E-state index in [-0.39, 0.29) is 0 Å². The van der Waals surface area contributed by atoms with Gasteiger partial charge in [0.1, 0.15) is 0 Å². The van der Waals surface area contributed by atoms with Crippen LogP contribution in [0.25, 0.3) is 0 Å². The van der Waals surface area contributed by atoms with Crippen LogP contribution in [0.1, 0.15) is 12.5 Å². The standard InChI is InChI=1S/C13H20N2O/c1-10-5-3-4-6-13(10)15(11(2)7-14)12-8-16-9-12/h3-6,11-12H,7-9,14H2,1-2H3. The van der Waals surface area contributed by atoms with Crippen molar-refractivity contribution in [2.75, 3.05) is 24.7 Å². The van der Waals surface area contributed by atoms with Gasteiger partial charge in [-0.3, -0.25) is 0 Å². The van der Waals surface area contributed by atoms with Gasteiger partial charge in [0.2, 0.25) is 0 Å². The van der Waals surface area contributed by atoms with Crippen LogP contribution >= 0.6 is 0 Å². The molecule has 1 unspecified atom stereocenters. The first-order chi connectivity index (χ1) is 7.74. The first-order valence-corrected chi connectivity index (χ1v) is 5.86. The van der Waals surface area contributed by atoms with E-state index in [1.54, 1.807) is 0 Å². The average molecular weight is 220 g/mol. The summed E-state index contributed by atoms with van der Waals surface area (Å²) >= 11 is 0. The van der Waals surface area contributed by atoms with Crippen molar-refractivity contribution < 1.29 is 4.74 Å². The molecule has 1 aliphatic heterocycles. The van der Waals surface area contributed by atoms with Crippen LogP contribution in [0.5, 0.6) is 0 Å². The summed E-state index contributed by atoms with van der Waals surface area (Å²) in [5.41, 5.74) is 8.38. The van der Waals surface area contributed by atoms with Crippen molar-refractivity contribution in [3.63, 3.8) is 0 Å². The lowest BCUT2D eigenvalue weighted by atomic mass is 10.1. The number of nitrogens with two attached hydrogens (primary N) is 1. The Labute approximate surface area is 97.2 Å². The van der Waals surface area contributed by atoms with Gasteiger partial charge in [-0.1, -0.05) is 18.2 Å². The molecule has 2 N–H and O–H groups in total. The summed E-state index contributed by atoms with van der Waals surface area (Å²) in [6, 6.07) is 9.30. The zero-order chi connectivity index (χ0) is 11.5. The van der Waals surface area contributed by atoms with Crippen LogP contribution in [0.3, 0.4) is 0 Å². The number of para-hydroxylation sites is 1. The highest BCUT2D eigenvalue weighted by molar-refractivity contribution is 5.55. The van der Waals surface area contributed by atoms with Gasteiger partial charge in [-0.25, -0.2) is 0 Å². The Kier molecular flexibility index (Phi) is 3.46. The Hall–Kier alpha value is -1.06. The number of rotatable bonds is 4. The largest absolute Gasteiger partial charge is 0.377 e. The normalized spacial score (nSPS) is 17.9. The van der Waals surface area contributed by atoms with Gasteiger partial charge in [-0.05, 0) is 25.5 Å². The van der Waals surface area contributed by atoms with E-state index in [9.17, 15) is 0 Å². The molecular weight excluding hydrogens is 200 g/mol. The molecule has 0 aliphatic carbocycles. The average Bonchev–Trinajstić information content (AvgIpc) is 2.23. The molecule has 1 aromatic carbocycles. The fraction of sp³-hybridized carbons (Fsp3) is 0.538. The fourth-order valence-electron chi connectivity index (χ4n) is 2.14. The predicted octanol–water partition coefficient (Wildman–Crippen LogP) is 1.55. The van der Waals surface area contributed by atoms with Crippen LogP contribution in [0.4, 0.5) is 5.69 Å². The van der Waals surface area contributed by atoms with Crippen LogP contribution in [0.2, 0.25) is 0 Å². The lowest BCUT2D eigenvalue weighted by molar-refractivity contribution is 0.00547. The Morgan fingerprint density at radius 2 is 2.12 bits per heavy atom. The molecule has 3 heteroatoms. The maximum atomic E-state index is 5.79. The molecule has 1 aliphatic rings. The molecule has 0 spiro atoms. The molecule has 88 valence electrons. The Bertz CT molecular complexity index is 345.